The third-order valence-corrected chi connectivity index (χ3v) is 4.81. The van der Waals surface area contributed by atoms with Gasteiger partial charge in [0, 0.05) is 5.69 Å². The van der Waals surface area contributed by atoms with Gasteiger partial charge in [0.2, 0.25) is 0 Å². The van der Waals surface area contributed by atoms with Crippen LogP contribution < -0.4 is 5.32 Å². The topological polar surface area (TPSA) is 12.0 Å². The Labute approximate surface area is 160 Å². The highest BCUT2D eigenvalue weighted by molar-refractivity contribution is 8.11. The molecule has 136 valence electrons. The van der Waals surface area contributed by atoms with Crippen molar-refractivity contribution in [3.05, 3.63) is 29.3 Å². The standard InChI is InChI=1S/C21H35NS2/c1-3-5-7-9-11-14-18-15-13-17-20(22-21(23)24)19(18)16-12-10-8-6-4-2/h13,15,17H,3-12,14,16H2,1-2H3,(H2,22,23,24). The lowest BCUT2D eigenvalue weighted by Crippen LogP contribution is -2.07. The molecule has 0 radical (unpaired) electrons. The number of hydrogen-bond donors (Lipinski definition) is 2. The molecule has 0 aliphatic heterocycles. The Hall–Kier alpha value is -0.540. The molecule has 24 heavy (non-hydrogen) atoms. The number of thiocarbonyl (C=S) groups is 1. The summed E-state index contributed by atoms with van der Waals surface area (Å²) in [5, 5.41) is 3.27. The van der Waals surface area contributed by atoms with Gasteiger partial charge in [-0.15, -0.1) is 12.6 Å². The fourth-order valence-electron chi connectivity index (χ4n) is 3.22. The maximum absolute atomic E-state index is 5.14. The molecule has 0 unspecified atom stereocenters. The van der Waals surface area contributed by atoms with E-state index in [-0.39, 0.29) is 0 Å². The van der Waals surface area contributed by atoms with E-state index in [2.05, 4.69) is 50.0 Å². The average molecular weight is 366 g/mol. The second-order valence-corrected chi connectivity index (χ2v) is 7.86. The number of aryl methyl sites for hydroxylation is 1. The van der Waals surface area contributed by atoms with Gasteiger partial charge in [0.25, 0.3) is 0 Å². The van der Waals surface area contributed by atoms with Crippen molar-refractivity contribution in [2.24, 2.45) is 0 Å². The second-order valence-electron chi connectivity index (χ2n) is 6.70. The molecule has 3 heteroatoms. The summed E-state index contributed by atoms with van der Waals surface area (Å²) in [4.78, 5) is 0. The van der Waals surface area contributed by atoms with E-state index < -0.39 is 0 Å². The van der Waals surface area contributed by atoms with E-state index in [0.717, 1.165) is 12.1 Å². The molecule has 0 saturated heterocycles. The van der Waals surface area contributed by atoms with Crippen molar-refractivity contribution in [2.45, 2.75) is 90.9 Å². The molecular weight excluding hydrogens is 330 g/mol. The minimum atomic E-state index is 0.558. The summed E-state index contributed by atoms with van der Waals surface area (Å²) in [6.07, 6.45) is 15.6. The van der Waals surface area contributed by atoms with Gasteiger partial charge in [0.05, 0.1) is 0 Å². The number of anilines is 1. The Morgan fingerprint density at radius 3 is 2.04 bits per heavy atom. The van der Waals surface area contributed by atoms with E-state index in [4.69, 9.17) is 12.2 Å². The van der Waals surface area contributed by atoms with Crippen LogP contribution in [0.2, 0.25) is 0 Å². The number of benzene rings is 1. The molecule has 0 saturated carbocycles. The van der Waals surface area contributed by atoms with Crippen molar-refractivity contribution in [3.8, 4) is 0 Å². The van der Waals surface area contributed by atoms with Crippen LogP contribution >= 0.6 is 24.8 Å². The van der Waals surface area contributed by atoms with Gasteiger partial charge < -0.3 is 5.32 Å². The molecule has 0 aliphatic carbocycles. The molecule has 1 aromatic rings. The first kappa shape index (κ1) is 21.5. The van der Waals surface area contributed by atoms with Gasteiger partial charge in [-0.3, -0.25) is 0 Å². The van der Waals surface area contributed by atoms with Gasteiger partial charge in [-0.1, -0.05) is 89.6 Å². The molecule has 1 nitrogen and oxygen atoms in total. The Morgan fingerprint density at radius 2 is 1.46 bits per heavy atom. The van der Waals surface area contributed by atoms with Crippen molar-refractivity contribution in [1.29, 1.82) is 0 Å². The van der Waals surface area contributed by atoms with Crippen LogP contribution in [-0.2, 0) is 12.8 Å². The van der Waals surface area contributed by atoms with Gasteiger partial charge in [0.15, 0.2) is 0 Å². The van der Waals surface area contributed by atoms with E-state index in [0.29, 0.717) is 4.32 Å². The lowest BCUT2D eigenvalue weighted by molar-refractivity contribution is 0.621. The molecule has 0 aromatic heterocycles. The minimum Gasteiger partial charge on any atom is -0.341 e. The SMILES string of the molecule is CCCCCCCc1cccc(NC(=S)S)c1CCCCCCC. The largest absolute Gasteiger partial charge is 0.341 e. The Kier molecular flexibility index (Phi) is 12.3. The van der Waals surface area contributed by atoms with Crippen molar-refractivity contribution in [1.82, 2.24) is 0 Å². The molecule has 0 fully saturated rings. The van der Waals surface area contributed by atoms with Crippen LogP contribution in [-0.4, -0.2) is 4.32 Å². The number of rotatable bonds is 13. The third kappa shape index (κ3) is 9.08. The van der Waals surface area contributed by atoms with Crippen LogP contribution in [0.25, 0.3) is 0 Å². The number of hydrogen-bond acceptors (Lipinski definition) is 1. The Balaban J connectivity index is 2.66. The van der Waals surface area contributed by atoms with Crippen molar-refractivity contribution < 1.29 is 0 Å². The molecular formula is C21H35NS2. The van der Waals surface area contributed by atoms with Gasteiger partial charge in [-0.2, -0.15) is 0 Å². The van der Waals surface area contributed by atoms with Gasteiger partial charge in [-0.05, 0) is 42.9 Å². The highest BCUT2D eigenvalue weighted by atomic mass is 32.1. The molecule has 0 atom stereocenters. The van der Waals surface area contributed by atoms with Crippen molar-refractivity contribution >= 4 is 34.9 Å². The molecule has 1 rings (SSSR count). The maximum atomic E-state index is 5.14. The zero-order chi connectivity index (χ0) is 17.6. The molecule has 0 amide bonds. The fraction of sp³-hybridized carbons (Fsp3) is 0.667. The van der Waals surface area contributed by atoms with Crippen LogP contribution in [0.5, 0.6) is 0 Å². The Morgan fingerprint density at radius 1 is 0.875 bits per heavy atom. The predicted molar refractivity (Wildman–Crippen MR) is 117 cm³/mol. The van der Waals surface area contributed by atoms with E-state index >= 15 is 0 Å². The summed E-state index contributed by atoms with van der Waals surface area (Å²) in [5.41, 5.74) is 4.12. The fourth-order valence-corrected chi connectivity index (χ4v) is 3.45. The molecule has 1 N–H and O–H groups in total. The highest BCUT2D eigenvalue weighted by Gasteiger charge is 2.09. The first-order valence-corrected chi connectivity index (χ1v) is 10.6. The lowest BCUT2D eigenvalue weighted by Gasteiger charge is -2.16. The predicted octanol–water partition coefficient (Wildman–Crippen LogP) is 7.34. The third-order valence-electron chi connectivity index (χ3n) is 4.59. The molecule has 0 aliphatic rings. The normalized spacial score (nSPS) is 10.8. The number of unbranched alkanes of at least 4 members (excludes halogenated alkanes) is 8. The summed E-state index contributed by atoms with van der Waals surface area (Å²) >= 11 is 9.40. The van der Waals surface area contributed by atoms with Crippen molar-refractivity contribution in [2.75, 3.05) is 5.32 Å². The minimum absolute atomic E-state index is 0.558. The van der Waals surface area contributed by atoms with Crippen LogP contribution in [0.3, 0.4) is 0 Å². The monoisotopic (exact) mass is 365 g/mol. The maximum Gasteiger partial charge on any atom is 0.135 e. The second kappa shape index (κ2) is 13.7. The van der Waals surface area contributed by atoms with E-state index in [1.807, 2.05) is 0 Å². The Bertz CT molecular complexity index is 471. The zero-order valence-corrected chi connectivity index (χ0v) is 17.3. The van der Waals surface area contributed by atoms with Crippen molar-refractivity contribution in [3.63, 3.8) is 0 Å². The van der Waals surface area contributed by atoms with Gasteiger partial charge >= 0.3 is 0 Å². The molecule has 1 aromatic carbocycles. The first-order valence-electron chi connectivity index (χ1n) is 9.79. The van der Waals surface area contributed by atoms with Crippen LogP contribution in [0, 0.1) is 0 Å². The van der Waals surface area contributed by atoms with Crippen LogP contribution in [0.1, 0.15) is 89.2 Å². The molecule has 0 bridgehead atoms. The van der Waals surface area contributed by atoms with Gasteiger partial charge in [-0.25, -0.2) is 0 Å². The summed E-state index contributed by atoms with van der Waals surface area (Å²) in [6, 6.07) is 6.59. The van der Waals surface area contributed by atoms with E-state index in [9.17, 15) is 0 Å². The quantitative estimate of drug-likeness (QED) is 0.215. The zero-order valence-electron chi connectivity index (χ0n) is 15.6. The van der Waals surface area contributed by atoms with E-state index in [1.165, 1.54) is 81.8 Å². The van der Waals surface area contributed by atoms with Crippen LogP contribution in [0.15, 0.2) is 18.2 Å². The summed E-state index contributed by atoms with van der Waals surface area (Å²) < 4.78 is 0.558. The average Bonchev–Trinajstić information content (AvgIpc) is 2.55. The number of nitrogens with one attached hydrogen (secondary N) is 1. The summed E-state index contributed by atoms with van der Waals surface area (Å²) in [6.45, 7) is 4.54. The highest BCUT2D eigenvalue weighted by Crippen LogP contribution is 2.25. The first-order chi connectivity index (χ1) is 11.7. The molecule has 0 spiro atoms. The molecule has 0 heterocycles. The summed E-state index contributed by atoms with van der Waals surface area (Å²) in [5.74, 6) is 0. The van der Waals surface area contributed by atoms with Gasteiger partial charge in [0.1, 0.15) is 4.32 Å². The summed E-state index contributed by atoms with van der Waals surface area (Å²) in [7, 11) is 0. The lowest BCUT2D eigenvalue weighted by atomic mass is 9.95. The van der Waals surface area contributed by atoms with E-state index in [1.54, 1.807) is 0 Å². The number of thiol groups is 1. The smallest absolute Gasteiger partial charge is 0.135 e. The van der Waals surface area contributed by atoms with Crippen LogP contribution in [0.4, 0.5) is 5.69 Å².